The second kappa shape index (κ2) is 7.07. The normalized spacial score (nSPS) is 20.5. The standard InChI is InChI=1S/C20H22N2O4S/c1-15-14-17-4-2-3-5-19(17)22(15)20(23)16-6-8-18(9-7-16)27(24,25)21-10-12-26-13-11-21/h2-9,15H,10-14H2,1H3/t15-/m0/s1. The van der Waals surface area contributed by atoms with Crippen LogP contribution in [0.25, 0.3) is 0 Å². The largest absolute Gasteiger partial charge is 0.379 e. The molecule has 142 valence electrons. The van der Waals surface area contributed by atoms with E-state index in [1.165, 1.54) is 16.4 Å². The Labute approximate surface area is 159 Å². The number of morpholine rings is 1. The van der Waals surface area contributed by atoms with Crippen molar-refractivity contribution in [2.24, 2.45) is 0 Å². The number of nitrogens with zero attached hydrogens (tertiary/aromatic N) is 2. The third kappa shape index (κ3) is 3.26. The number of hydrogen-bond donors (Lipinski definition) is 0. The highest BCUT2D eigenvalue weighted by Gasteiger charge is 2.32. The molecular weight excluding hydrogens is 364 g/mol. The molecule has 0 radical (unpaired) electrons. The highest BCUT2D eigenvalue weighted by atomic mass is 32.2. The lowest BCUT2D eigenvalue weighted by molar-refractivity contribution is 0.0730. The van der Waals surface area contributed by atoms with Crippen molar-refractivity contribution >= 4 is 21.6 Å². The van der Waals surface area contributed by atoms with Crippen molar-refractivity contribution in [1.29, 1.82) is 0 Å². The fourth-order valence-electron chi connectivity index (χ4n) is 3.72. The van der Waals surface area contributed by atoms with Crippen molar-refractivity contribution in [3.63, 3.8) is 0 Å². The van der Waals surface area contributed by atoms with E-state index in [0.29, 0.717) is 31.9 Å². The molecule has 1 amide bonds. The zero-order valence-electron chi connectivity index (χ0n) is 15.2. The first kappa shape index (κ1) is 18.2. The van der Waals surface area contributed by atoms with Crippen molar-refractivity contribution < 1.29 is 17.9 Å². The number of sulfonamides is 1. The van der Waals surface area contributed by atoms with Crippen LogP contribution in [0.4, 0.5) is 5.69 Å². The Kier molecular flexibility index (Phi) is 4.75. The van der Waals surface area contributed by atoms with Gasteiger partial charge in [-0.05, 0) is 49.2 Å². The fourth-order valence-corrected chi connectivity index (χ4v) is 5.13. The number of carbonyl (C=O) groups excluding carboxylic acids is 1. The van der Waals surface area contributed by atoms with Gasteiger partial charge in [-0.3, -0.25) is 4.79 Å². The van der Waals surface area contributed by atoms with Gasteiger partial charge in [0.1, 0.15) is 0 Å². The van der Waals surface area contributed by atoms with Gasteiger partial charge < -0.3 is 9.64 Å². The molecule has 1 saturated heterocycles. The van der Waals surface area contributed by atoms with Crippen LogP contribution in [0.2, 0.25) is 0 Å². The molecule has 2 heterocycles. The molecule has 2 aliphatic rings. The van der Waals surface area contributed by atoms with Crippen LogP contribution in [0.3, 0.4) is 0 Å². The predicted molar refractivity (Wildman–Crippen MR) is 102 cm³/mol. The van der Waals surface area contributed by atoms with Crippen LogP contribution in [0.5, 0.6) is 0 Å². The lowest BCUT2D eigenvalue weighted by atomic mass is 10.1. The molecule has 1 fully saturated rings. The highest BCUT2D eigenvalue weighted by molar-refractivity contribution is 7.89. The van der Waals surface area contributed by atoms with Crippen molar-refractivity contribution in [3.05, 3.63) is 59.7 Å². The zero-order chi connectivity index (χ0) is 19.0. The molecule has 2 aromatic carbocycles. The van der Waals surface area contributed by atoms with Crippen LogP contribution in [0.1, 0.15) is 22.8 Å². The second-order valence-electron chi connectivity index (χ2n) is 6.90. The number of ether oxygens (including phenoxy) is 1. The van der Waals surface area contributed by atoms with Gasteiger partial charge in [-0.25, -0.2) is 8.42 Å². The van der Waals surface area contributed by atoms with Crippen molar-refractivity contribution in [1.82, 2.24) is 4.31 Å². The molecule has 27 heavy (non-hydrogen) atoms. The summed E-state index contributed by atoms with van der Waals surface area (Å²) in [5, 5.41) is 0. The topological polar surface area (TPSA) is 66.9 Å². The van der Waals surface area contributed by atoms with Crippen molar-refractivity contribution in [3.8, 4) is 0 Å². The molecule has 0 spiro atoms. The number of para-hydroxylation sites is 1. The number of rotatable bonds is 3. The molecule has 6 nitrogen and oxygen atoms in total. The van der Waals surface area contributed by atoms with Gasteiger partial charge >= 0.3 is 0 Å². The maximum Gasteiger partial charge on any atom is 0.258 e. The lowest BCUT2D eigenvalue weighted by Crippen LogP contribution is -2.40. The van der Waals surface area contributed by atoms with Crippen molar-refractivity contribution in [2.75, 3.05) is 31.2 Å². The fraction of sp³-hybridized carbons (Fsp3) is 0.350. The molecule has 0 aromatic heterocycles. The van der Waals surface area contributed by atoms with Gasteiger partial charge in [-0.15, -0.1) is 0 Å². The van der Waals surface area contributed by atoms with Gasteiger partial charge in [-0.2, -0.15) is 4.31 Å². The Balaban J connectivity index is 1.58. The van der Waals surface area contributed by atoms with Gasteiger partial charge in [-0.1, -0.05) is 18.2 Å². The Hall–Kier alpha value is -2.22. The predicted octanol–water partition coefficient (Wildman–Crippen LogP) is 2.30. The molecule has 1 atom stereocenters. The average molecular weight is 386 g/mol. The number of benzene rings is 2. The SMILES string of the molecule is C[C@H]1Cc2ccccc2N1C(=O)c1ccc(S(=O)(=O)N2CCOCC2)cc1. The second-order valence-corrected chi connectivity index (χ2v) is 8.84. The molecule has 2 aromatic rings. The Bertz CT molecular complexity index is 950. The van der Waals surface area contributed by atoms with Gasteiger partial charge in [0.25, 0.3) is 5.91 Å². The third-order valence-electron chi connectivity index (χ3n) is 5.14. The minimum atomic E-state index is -3.55. The number of amides is 1. The van der Waals surface area contributed by atoms with E-state index in [-0.39, 0.29) is 16.8 Å². The first-order valence-electron chi connectivity index (χ1n) is 9.08. The quantitative estimate of drug-likeness (QED) is 0.812. The number of carbonyl (C=O) groups is 1. The maximum atomic E-state index is 13.0. The van der Waals surface area contributed by atoms with E-state index in [4.69, 9.17) is 4.74 Å². The van der Waals surface area contributed by atoms with Gasteiger partial charge in [0, 0.05) is 30.4 Å². The summed E-state index contributed by atoms with van der Waals surface area (Å²) in [5.74, 6) is -0.109. The molecule has 4 rings (SSSR count). The molecule has 0 aliphatic carbocycles. The molecule has 0 saturated carbocycles. The number of anilines is 1. The van der Waals surface area contributed by atoms with Crippen molar-refractivity contribution in [2.45, 2.75) is 24.3 Å². The van der Waals surface area contributed by atoms with E-state index in [0.717, 1.165) is 17.7 Å². The summed E-state index contributed by atoms with van der Waals surface area (Å²) in [7, 11) is -3.55. The monoisotopic (exact) mass is 386 g/mol. The molecule has 7 heteroatoms. The van der Waals surface area contributed by atoms with Crippen LogP contribution in [-0.2, 0) is 21.2 Å². The summed E-state index contributed by atoms with van der Waals surface area (Å²) in [4.78, 5) is 15.0. The summed E-state index contributed by atoms with van der Waals surface area (Å²) in [5.41, 5.74) is 2.57. The van der Waals surface area contributed by atoms with Crippen LogP contribution in [0, 0.1) is 0 Å². The summed E-state index contributed by atoms with van der Waals surface area (Å²) < 4.78 is 32.1. The van der Waals surface area contributed by atoms with Crippen LogP contribution >= 0.6 is 0 Å². The summed E-state index contributed by atoms with van der Waals surface area (Å²) in [6, 6.07) is 14.2. The minimum absolute atomic E-state index is 0.0756. The first-order valence-corrected chi connectivity index (χ1v) is 10.5. The molecule has 0 bridgehead atoms. The average Bonchev–Trinajstić information content (AvgIpc) is 3.04. The van der Waals surface area contributed by atoms with Gasteiger partial charge in [0.15, 0.2) is 0 Å². The van der Waals surface area contributed by atoms with E-state index < -0.39 is 10.0 Å². The van der Waals surface area contributed by atoms with Crippen LogP contribution < -0.4 is 4.90 Å². The summed E-state index contributed by atoms with van der Waals surface area (Å²) in [6.07, 6.45) is 0.825. The smallest absolute Gasteiger partial charge is 0.258 e. The maximum absolute atomic E-state index is 13.0. The molecule has 2 aliphatic heterocycles. The lowest BCUT2D eigenvalue weighted by Gasteiger charge is -2.26. The first-order chi connectivity index (χ1) is 13.0. The van der Waals surface area contributed by atoms with Gasteiger partial charge in [0.2, 0.25) is 10.0 Å². The highest BCUT2D eigenvalue weighted by Crippen LogP contribution is 2.33. The van der Waals surface area contributed by atoms with Gasteiger partial charge in [0.05, 0.1) is 18.1 Å². The third-order valence-corrected chi connectivity index (χ3v) is 7.05. The number of fused-ring (bicyclic) bond motifs is 1. The molecule has 0 N–H and O–H groups in total. The Morgan fingerprint density at radius 2 is 1.70 bits per heavy atom. The number of hydrogen-bond acceptors (Lipinski definition) is 4. The zero-order valence-corrected chi connectivity index (χ0v) is 16.0. The Morgan fingerprint density at radius 3 is 2.41 bits per heavy atom. The van der Waals surface area contributed by atoms with E-state index in [1.54, 1.807) is 17.0 Å². The van der Waals surface area contributed by atoms with E-state index >= 15 is 0 Å². The van der Waals surface area contributed by atoms with E-state index in [2.05, 4.69) is 0 Å². The van der Waals surface area contributed by atoms with Crippen LogP contribution in [-0.4, -0.2) is 51.0 Å². The summed E-state index contributed by atoms with van der Waals surface area (Å²) >= 11 is 0. The van der Waals surface area contributed by atoms with E-state index in [1.807, 2.05) is 31.2 Å². The van der Waals surface area contributed by atoms with E-state index in [9.17, 15) is 13.2 Å². The summed E-state index contributed by atoms with van der Waals surface area (Å²) in [6.45, 7) is 3.54. The minimum Gasteiger partial charge on any atom is -0.379 e. The molecule has 0 unspecified atom stereocenters. The molecular formula is C20H22N2O4S. The Morgan fingerprint density at radius 1 is 1.04 bits per heavy atom. The van der Waals surface area contributed by atoms with Crippen LogP contribution in [0.15, 0.2) is 53.4 Å².